The van der Waals surface area contributed by atoms with E-state index >= 15 is 0 Å². The van der Waals surface area contributed by atoms with E-state index in [1.54, 1.807) is 0 Å². The molecule has 198 valence electrons. The molecule has 3 heterocycles. The van der Waals surface area contributed by atoms with Gasteiger partial charge in [0.15, 0.2) is 0 Å². The van der Waals surface area contributed by atoms with Gasteiger partial charge in [0.25, 0.3) is 0 Å². The fraction of sp³-hybridized carbons (Fsp3) is 0.607. The number of hydrogen-bond acceptors (Lipinski definition) is 7. The first-order valence-corrected chi connectivity index (χ1v) is 18.0. The largest absolute Gasteiger partial charge is 0.444 e. The third-order valence-corrected chi connectivity index (χ3v) is 14.0. The molecule has 5 atom stereocenters. The first-order valence-electron chi connectivity index (χ1n) is 13.5. The number of halogens is 1. The molecule has 0 bridgehead atoms. The van der Waals surface area contributed by atoms with Crippen LogP contribution in [0.5, 0.6) is 0 Å². The zero-order valence-corrected chi connectivity index (χ0v) is 24.9. The van der Waals surface area contributed by atoms with E-state index in [4.69, 9.17) is 15.5 Å². The Kier molecular flexibility index (Phi) is 5.76. The number of likely N-dealkylation sites (tertiary alicyclic amines) is 1. The van der Waals surface area contributed by atoms with Gasteiger partial charge in [-0.15, -0.1) is 0 Å². The third kappa shape index (κ3) is 4.52. The van der Waals surface area contributed by atoms with Crippen molar-refractivity contribution in [3.8, 4) is 0 Å². The van der Waals surface area contributed by atoms with Gasteiger partial charge in [0.05, 0.1) is 11.1 Å². The van der Waals surface area contributed by atoms with Crippen LogP contribution in [0.3, 0.4) is 0 Å². The van der Waals surface area contributed by atoms with E-state index in [1.807, 2.05) is 29.7 Å². The molecule has 1 amide bonds. The lowest BCUT2D eigenvalue weighted by Crippen LogP contribution is -2.38. The Bertz CT molecular complexity index is 1330. The lowest BCUT2D eigenvalue weighted by atomic mass is 9.95. The molecule has 7 rings (SSSR count). The van der Waals surface area contributed by atoms with Crippen molar-refractivity contribution in [2.75, 3.05) is 31.1 Å². The molecule has 2 saturated carbocycles. The van der Waals surface area contributed by atoms with Gasteiger partial charge in [0.1, 0.15) is 5.60 Å². The number of nitrogens with zero attached hydrogens (tertiary/aromatic N) is 3. The van der Waals surface area contributed by atoms with E-state index in [0.717, 1.165) is 32.6 Å². The third-order valence-electron chi connectivity index (χ3n) is 8.83. The van der Waals surface area contributed by atoms with E-state index < -0.39 is 5.60 Å². The van der Waals surface area contributed by atoms with Crippen LogP contribution >= 0.6 is 28.3 Å². The fourth-order valence-corrected chi connectivity index (χ4v) is 11.6. The minimum atomic E-state index is -0.457. The van der Waals surface area contributed by atoms with Gasteiger partial charge in [-0.05, 0) is 82.6 Å². The molecule has 3 N–H and O–H groups in total. The van der Waals surface area contributed by atoms with Gasteiger partial charge in [-0.2, -0.15) is 0 Å². The number of anilines is 1. The molecule has 1 aromatic rings. The van der Waals surface area contributed by atoms with Crippen LogP contribution in [-0.2, 0) is 4.74 Å². The molecule has 0 spiro atoms. The van der Waals surface area contributed by atoms with Crippen LogP contribution in [0.15, 0.2) is 45.6 Å². The average molecular weight is 634 g/mol. The van der Waals surface area contributed by atoms with Crippen molar-refractivity contribution >= 4 is 40.1 Å². The zero-order valence-electron chi connectivity index (χ0n) is 21.9. The molecule has 0 aromatic heterocycles. The summed E-state index contributed by atoms with van der Waals surface area (Å²) in [5.41, 5.74) is 9.76. The van der Waals surface area contributed by atoms with Gasteiger partial charge >= 0.3 is 6.09 Å². The first-order chi connectivity index (χ1) is 17.6. The smallest absolute Gasteiger partial charge is 0.407 e. The molecule has 5 unspecified atom stereocenters. The Morgan fingerprint density at radius 3 is 2.54 bits per heavy atom. The molecule has 9 heteroatoms. The summed E-state index contributed by atoms with van der Waals surface area (Å²) in [5.74, 6) is 2.92. The van der Waals surface area contributed by atoms with Gasteiger partial charge in [-0.25, -0.2) is 4.79 Å². The van der Waals surface area contributed by atoms with Crippen LogP contribution in [0.1, 0.15) is 34.1 Å². The number of amides is 1. The van der Waals surface area contributed by atoms with E-state index in [2.05, 4.69) is 46.3 Å². The summed E-state index contributed by atoms with van der Waals surface area (Å²) in [5, 5.41) is 4.28. The van der Waals surface area contributed by atoms with E-state index in [1.165, 1.54) is 30.5 Å². The van der Waals surface area contributed by atoms with Crippen molar-refractivity contribution < 1.29 is 9.53 Å². The summed E-state index contributed by atoms with van der Waals surface area (Å²) in [4.78, 5) is 23.9. The summed E-state index contributed by atoms with van der Waals surface area (Å²) in [7, 11) is 2.04. The Balaban J connectivity index is 1.04. The average Bonchev–Trinajstić information content (AvgIpc) is 3.46. The summed E-state index contributed by atoms with van der Waals surface area (Å²) >= 11 is -0.208. The molecule has 6 aliphatic rings. The number of fused-ring (bicyclic) bond motifs is 3. The fourth-order valence-electron chi connectivity index (χ4n) is 6.68. The second-order valence-corrected chi connectivity index (χ2v) is 17.2. The van der Waals surface area contributed by atoms with Crippen LogP contribution in [0, 0.1) is 32.7 Å². The van der Waals surface area contributed by atoms with E-state index in [-0.39, 0.29) is 31.5 Å². The summed E-state index contributed by atoms with van der Waals surface area (Å²) in [6.07, 6.45) is 3.14. The van der Waals surface area contributed by atoms with E-state index in [9.17, 15) is 4.79 Å². The molecule has 0 radical (unpaired) electrons. The minimum Gasteiger partial charge on any atom is -0.444 e. The first kappa shape index (κ1) is 24.5. The number of carbonyl (C=O) groups excluding carboxylic acids is 1. The lowest BCUT2D eigenvalue weighted by Gasteiger charge is -2.32. The molecule has 37 heavy (non-hydrogen) atoms. The maximum Gasteiger partial charge on any atom is 0.407 e. The topological polar surface area (TPSA) is 83.2 Å². The second kappa shape index (κ2) is 8.71. The minimum absolute atomic E-state index is 0.208. The molecule has 1 aromatic carbocycles. The molecular weight excluding hydrogens is 597 g/mol. The number of nitrogens with one attached hydrogen (secondary N) is 1. The standard InChI is InChI=1S/C28H36IN5O2S/c1-14-7-22-24(9-23(14)34-12-18-19(13-34)26(18)32-27(35)36-28(2,3)4)37-29-20-8-15(5-6-21(20)31-22)33-10-16-17(11-33)25(16)30/h5-6,8-9,14,16-19,25-26H,7,10-13,30H2,1-4H3,(H,32,35). The predicted molar refractivity (Wildman–Crippen MR) is 156 cm³/mol. The van der Waals surface area contributed by atoms with Crippen LogP contribution in [0.2, 0.25) is 0 Å². The summed E-state index contributed by atoms with van der Waals surface area (Å²) < 4.78 is 6.91. The highest BCUT2D eigenvalue weighted by Gasteiger charge is 2.57. The van der Waals surface area contributed by atoms with Crippen LogP contribution in [0.25, 0.3) is 0 Å². The number of benzene rings is 1. The van der Waals surface area contributed by atoms with Crippen LogP contribution < -0.4 is 21.3 Å². The monoisotopic (exact) mass is 633 g/mol. The van der Waals surface area contributed by atoms with Gasteiger partial charge in [0, 0.05) is 75.5 Å². The van der Waals surface area contributed by atoms with Gasteiger partial charge in [-0.1, -0.05) is 15.9 Å². The molecule has 7 nitrogen and oxygen atoms in total. The number of hydrogen-bond donors (Lipinski definition) is 2. The highest BCUT2D eigenvalue weighted by atomic mass is 127. The van der Waals surface area contributed by atoms with Crippen molar-refractivity contribution in [2.45, 2.75) is 51.8 Å². The predicted octanol–water partition coefficient (Wildman–Crippen LogP) is 4.17. The number of allylic oxidation sites excluding steroid dienone is 3. The van der Waals surface area contributed by atoms with Crippen LogP contribution in [-0.4, -0.2) is 54.9 Å². The Morgan fingerprint density at radius 1 is 1.14 bits per heavy atom. The van der Waals surface area contributed by atoms with Gasteiger partial charge < -0.3 is 25.6 Å². The van der Waals surface area contributed by atoms with Crippen LogP contribution in [0.4, 0.5) is 10.5 Å². The number of ether oxygens (including phenoxy) is 1. The number of rotatable bonds is 3. The van der Waals surface area contributed by atoms with Crippen molar-refractivity contribution in [1.82, 2.24) is 10.2 Å². The SMILES string of the molecule is CC1CC2=C(C=C1N1CC3C(C1)C3NC(=O)OC(C)(C)C)SI=c1cc(N3CC4C(N)C4C3)ccc1=N2. The molecule has 4 fully saturated rings. The molecule has 3 aliphatic carbocycles. The maximum atomic E-state index is 12.2. The highest BCUT2D eigenvalue weighted by Crippen LogP contribution is 2.50. The molecular formula is C28H36IN5O2S. The van der Waals surface area contributed by atoms with Crippen molar-refractivity contribution in [3.63, 3.8) is 0 Å². The number of piperidine rings is 2. The van der Waals surface area contributed by atoms with Crippen molar-refractivity contribution in [1.29, 1.82) is 0 Å². The quantitative estimate of drug-likeness (QED) is 0.487. The van der Waals surface area contributed by atoms with Crippen molar-refractivity contribution in [2.24, 2.45) is 40.3 Å². The van der Waals surface area contributed by atoms with Gasteiger partial charge in [0.2, 0.25) is 0 Å². The molecule has 3 aliphatic heterocycles. The lowest BCUT2D eigenvalue weighted by molar-refractivity contribution is 0.0514. The van der Waals surface area contributed by atoms with Crippen molar-refractivity contribution in [3.05, 3.63) is 49.1 Å². The Labute approximate surface area is 231 Å². The Morgan fingerprint density at radius 2 is 1.84 bits per heavy atom. The number of nitrogens with two attached hydrogens (primary N) is 1. The van der Waals surface area contributed by atoms with Gasteiger partial charge in [-0.3, -0.25) is 4.99 Å². The second-order valence-electron chi connectivity index (χ2n) is 12.6. The Hall–Kier alpha value is -1.59. The maximum absolute atomic E-state index is 12.2. The summed E-state index contributed by atoms with van der Waals surface area (Å²) in [6, 6.07) is 7.62. The number of carbonyl (C=O) groups is 1. The highest BCUT2D eigenvalue weighted by molar-refractivity contribution is 14.2. The zero-order chi connectivity index (χ0) is 25.6. The number of alkyl carbamates (subject to hydrolysis) is 1. The molecule has 2 saturated heterocycles. The summed E-state index contributed by atoms with van der Waals surface area (Å²) in [6.45, 7) is 12.3. The normalized spacial score (nSPS) is 35.5. The van der Waals surface area contributed by atoms with E-state index in [0.29, 0.717) is 35.6 Å².